The van der Waals surface area contributed by atoms with Gasteiger partial charge in [0, 0.05) is 4.47 Å². The Labute approximate surface area is 76.1 Å². The molecule has 11 heavy (non-hydrogen) atoms. The van der Waals surface area contributed by atoms with Crippen molar-refractivity contribution in [2.24, 2.45) is 0 Å². The van der Waals surface area contributed by atoms with Gasteiger partial charge in [0.2, 0.25) is 0 Å². The third-order valence-corrected chi connectivity index (χ3v) is 2.03. The molecule has 0 aliphatic heterocycles. The molecule has 0 saturated heterocycles. The van der Waals surface area contributed by atoms with E-state index in [2.05, 4.69) is 47.6 Å². The molecule has 0 aliphatic carbocycles. The standard InChI is InChI=1S/C10H10Br/c1-3-8-5-9(4-2)7-10(11)6-8/h5-7H,1,4H2,2H3. The Bertz CT molecular complexity index is 264. The smallest absolute Gasteiger partial charge is 0.0184 e. The highest BCUT2D eigenvalue weighted by molar-refractivity contribution is 9.10. The quantitative estimate of drug-likeness (QED) is 0.702. The van der Waals surface area contributed by atoms with Crippen LogP contribution in [-0.4, -0.2) is 0 Å². The second kappa shape index (κ2) is 3.72. The normalized spacial score (nSPS) is 9.64. The van der Waals surface area contributed by atoms with Crippen molar-refractivity contribution in [3.8, 4) is 0 Å². The molecule has 1 aromatic carbocycles. The minimum atomic E-state index is 1.05. The Morgan fingerprint density at radius 2 is 2.18 bits per heavy atom. The lowest BCUT2D eigenvalue weighted by molar-refractivity contribution is 1.13. The molecule has 1 aromatic rings. The van der Waals surface area contributed by atoms with Gasteiger partial charge in [-0.1, -0.05) is 35.5 Å². The average molecular weight is 210 g/mol. The molecule has 0 aromatic heterocycles. The van der Waals surface area contributed by atoms with Crippen LogP contribution in [0.2, 0.25) is 0 Å². The molecule has 1 radical (unpaired) electrons. The van der Waals surface area contributed by atoms with Crippen molar-refractivity contribution in [3.63, 3.8) is 0 Å². The maximum Gasteiger partial charge on any atom is 0.0184 e. The Morgan fingerprint density at radius 1 is 1.45 bits per heavy atom. The van der Waals surface area contributed by atoms with Crippen LogP contribution in [-0.2, 0) is 6.42 Å². The fourth-order valence-electron chi connectivity index (χ4n) is 0.957. The molecule has 0 unspecified atom stereocenters. The van der Waals surface area contributed by atoms with Gasteiger partial charge in [-0.3, -0.25) is 0 Å². The van der Waals surface area contributed by atoms with Gasteiger partial charge < -0.3 is 0 Å². The van der Waals surface area contributed by atoms with E-state index < -0.39 is 0 Å². The van der Waals surface area contributed by atoms with Gasteiger partial charge in [0.15, 0.2) is 0 Å². The molecule has 57 valence electrons. The number of rotatable bonds is 2. The van der Waals surface area contributed by atoms with E-state index in [1.165, 1.54) is 5.56 Å². The van der Waals surface area contributed by atoms with Crippen LogP contribution in [0.1, 0.15) is 18.1 Å². The summed E-state index contributed by atoms with van der Waals surface area (Å²) < 4.78 is 1.10. The summed E-state index contributed by atoms with van der Waals surface area (Å²) in [6, 6.07) is 6.21. The summed E-state index contributed by atoms with van der Waals surface area (Å²) >= 11 is 3.43. The topological polar surface area (TPSA) is 0 Å². The predicted molar refractivity (Wildman–Crippen MR) is 51.5 cm³/mol. The number of aryl methyl sites for hydroxylation is 1. The molecule has 0 bridgehead atoms. The summed E-state index contributed by atoms with van der Waals surface area (Å²) in [5, 5.41) is 0. The third kappa shape index (κ3) is 2.19. The molecule has 1 heteroatoms. The Hall–Kier alpha value is -0.560. The number of hydrogen-bond acceptors (Lipinski definition) is 0. The molecule has 0 N–H and O–H groups in total. The van der Waals surface area contributed by atoms with Gasteiger partial charge in [-0.05, 0) is 35.8 Å². The van der Waals surface area contributed by atoms with Crippen molar-refractivity contribution in [2.45, 2.75) is 13.3 Å². The van der Waals surface area contributed by atoms with Gasteiger partial charge in [-0.15, -0.1) is 0 Å². The lowest BCUT2D eigenvalue weighted by Crippen LogP contribution is -1.82. The van der Waals surface area contributed by atoms with Gasteiger partial charge in [-0.2, -0.15) is 0 Å². The van der Waals surface area contributed by atoms with E-state index in [0.717, 1.165) is 16.5 Å². The van der Waals surface area contributed by atoms with Crippen LogP contribution in [0, 0.1) is 6.08 Å². The first-order valence-electron chi connectivity index (χ1n) is 3.59. The summed E-state index contributed by atoms with van der Waals surface area (Å²) in [5.41, 5.74) is 2.36. The van der Waals surface area contributed by atoms with Crippen LogP contribution < -0.4 is 0 Å². The maximum atomic E-state index is 3.60. The molecule has 0 spiro atoms. The van der Waals surface area contributed by atoms with E-state index in [1.54, 1.807) is 0 Å². The van der Waals surface area contributed by atoms with E-state index in [0.29, 0.717) is 0 Å². The Balaban J connectivity index is 3.11. The monoisotopic (exact) mass is 209 g/mol. The highest BCUT2D eigenvalue weighted by Gasteiger charge is 1.94. The van der Waals surface area contributed by atoms with Crippen molar-refractivity contribution >= 4 is 15.9 Å². The van der Waals surface area contributed by atoms with Crippen molar-refractivity contribution in [3.05, 3.63) is 46.5 Å². The first kappa shape index (κ1) is 8.54. The molecule has 0 saturated carbocycles. The largest absolute Gasteiger partial charge is 0.0906 e. The SMILES string of the molecule is C=[C]c1cc(Br)cc(CC)c1. The second-order valence-electron chi connectivity index (χ2n) is 2.38. The van der Waals surface area contributed by atoms with E-state index in [4.69, 9.17) is 0 Å². The fraction of sp³-hybridized carbons (Fsp3) is 0.200. The van der Waals surface area contributed by atoms with Crippen LogP contribution in [0.5, 0.6) is 0 Å². The maximum absolute atomic E-state index is 3.60. The van der Waals surface area contributed by atoms with Crippen molar-refractivity contribution < 1.29 is 0 Å². The molecular formula is C10H10Br. The van der Waals surface area contributed by atoms with E-state index in [9.17, 15) is 0 Å². The minimum absolute atomic E-state index is 1.05. The van der Waals surface area contributed by atoms with Crippen molar-refractivity contribution in [1.82, 2.24) is 0 Å². The molecule has 0 aliphatic rings. The first-order chi connectivity index (χ1) is 5.26. The summed E-state index contributed by atoms with van der Waals surface area (Å²) in [5.74, 6) is 0. The van der Waals surface area contributed by atoms with Gasteiger partial charge in [0.1, 0.15) is 0 Å². The highest BCUT2D eigenvalue weighted by Crippen LogP contribution is 2.15. The van der Waals surface area contributed by atoms with Gasteiger partial charge in [0.05, 0.1) is 0 Å². The van der Waals surface area contributed by atoms with Crippen LogP contribution >= 0.6 is 15.9 Å². The molecule has 0 nitrogen and oxygen atoms in total. The Kier molecular flexibility index (Phi) is 2.89. The number of hydrogen-bond donors (Lipinski definition) is 0. The summed E-state index contributed by atoms with van der Waals surface area (Å²) in [6.45, 7) is 5.74. The van der Waals surface area contributed by atoms with Gasteiger partial charge in [-0.25, -0.2) is 0 Å². The molecular weight excluding hydrogens is 200 g/mol. The zero-order valence-electron chi connectivity index (χ0n) is 6.52. The van der Waals surface area contributed by atoms with Crippen LogP contribution in [0.3, 0.4) is 0 Å². The molecule has 0 heterocycles. The average Bonchev–Trinajstić information content (AvgIpc) is 2.03. The van der Waals surface area contributed by atoms with E-state index in [1.807, 2.05) is 6.07 Å². The van der Waals surface area contributed by atoms with Gasteiger partial charge in [0.25, 0.3) is 0 Å². The third-order valence-electron chi connectivity index (χ3n) is 1.57. The van der Waals surface area contributed by atoms with Gasteiger partial charge >= 0.3 is 0 Å². The zero-order valence-corrected chi connectivity index (χ0v) is 8.11. The lowest BCUT2D eigenvalue weighted by Gasteiger charge is -1.99. The molecule has 0 amide bonds. The number of benzene rings is 1. The van der Waals surface area contributed by atoms with E-state index >= 15 is 0 Å². The lowest BCUT2D eigenvalue weighted by atomic mass is 10.1. The molecule has 0 fully saturated rings. The minimum Gasteiger partial charge on any atom is -0.0906 e. The predicted octanol–water partition coefficient (Wildman–Crippen LogP) is 3.35. The zero-order chi connectivity index (χ0) is 8.27. The van der Waals surface area contributed by atoms with E-state index in [-0.39, 0.29) is 0 Å². The number of halogens is 1. The van der Waals surface area contributed by atoms with Crippen LogP contribution in [0.25, 0.3) is 0 Å². The van der Waals surface area contributed by atoms with Crippen molar-refractivity contribution in [1.29, 1.82) is 0 Å². The summed E-state index contributed by atoms with van der Waals surface area (Å²) in [4.78, 5) is 0. The molecule has 1 rings (SSSR count). The Morgan fingerprint density at radius 3 is 2.73 bits per heavy atom. The van der Waals surface area contributed by atoms with Crippen LogP contribution in [0.4, 0.5) is 0 Å². The fourth-order valence-corrected chi connectivity index (χ4v) is 1.50. The highest BCUT2D eigenvalue weighted by atomic mass is 79.9. The summed E-state index contributed by atoms with van der Waals surface area (Å²) in [7, 11) is 0. The second-order valence-corrected chi connectivity index (χ2v) is 3.29. The summed E-state index contributed by atoms with van der Waals surface area (Å²) in [6.07, 6.45) is 3.91. The first-order valence-corrected chi connectivity index (χ1v) is 4.38. The van der Waals surface area contributed by atoms with Crippen LogP contribution in [0.15, 0.2) is 29.3 Å². The molecule has 0 atom stereocenters. The van der Waals surface area contributed by atoms with Crippen molar-refractivity contribution in [2.75, 3.05) is 0 Å².